The van der Waals surface area contributed by atoms with Gasteiger partial charge in [0, 0.05) is 5.75 Å². The van der Waals surface area contributed by atoms with Gasteiger partial charge in [-0.05, 0) is 24.3 Å². The van der Waals surface area contributed by atoms with Gasteiger partial charge in [-0.1, -0.05) is 6.92 Å². The molecule has 1 rings (SSSR count). The lowest BCUT2D eigenvalue weighted by Crippen LogP contribution is -2.29. The van der Waals surface area contributed by atoms with E-state index in [1.807, 2.05) is 4.72 Å². The third-order valence-electron chi connectivity index (χ3n) is 2.65. The molecule has 0 fully saturated rings. The number of carboxylic acids is 1. The van der Waals surface area contributed by atoms with E-state index in [-0.39, 0.29) is 23.0 Å². The average Bonchev–Trinajstić information content (AvgIpc) is 2.46. The Balaban J connectivity index is 2.65. The van der Waals surface area contributed by atoms with Crippen LogP contribution in [0.2, 0.25) is 0 Å². The van der Waals surface area contributed by atoms with Crippen LogP contribution in [0.25, 0.3) is 0 Å². The molecule has 8 nitrogen and oxygen atoms in total. The number of hydrogen-bond donors (Lipinski definition) is 2. The molecule has 22 heavy (non-hydrogen) atoms. The maximum atomic E-state index is 11.7. The van der Waals surface area contributed by atoms with Crippen LogP contribution in [0.1, 0.15) is 6.92 Å². The maximum Gasteiger partial charge on any atom is 0.318 e. The number of ether oxygens (including phenoxy) is 1. The summed E-state index contributed by atoms with van der Waals surface area (Å²) < 4.78 is 53.2. The van der Waals surface area contributed by atoms with Gasteiger partial charge in [0.1, 0.15) is 18.9 Å². The Kier molecular flexibility index (Phi) is 6.33. The van der Waals surface area contributed by atoms with E-state index in [0.29, 0.717) is 5.75 Å². The van der Waals surface area contributed by atoms with E-state index >= 15 is 0 Å². The lowest BCUT2D eigenvalue weighted by molar-refractivity contribution is -0.135. The summed E-state index contributed by atoms with van der Waals surface area (Å²) in [7, 11) is -7.03. The summed E-state index contributed by atoms with van der Waals surface area (Å²) in [5, 5.41) is 8.45. The van der Waals surface area contributed by atoms with Gasteiger partial charge in [-0.15, -0.1) is 0 Å². The van der Waals surface area contributed by atoms with Gasteiger partial charge < -0.3 is 9.84 Å². The fourth-order valence-electron chi connectivity index (χ4n) is 1.39. The third kappa shape index (κ3) is 6.00. The Morgan fingerprint density at radius 3 is 2.27 bits per heavy atom. The van der Waals surface area contributed by atoms with E-state index in [4.69, 9.17) is 9.84 Å². The van der Waals surface area contributed by atoms with Crippen molar-refractivity contribution in [3.05, 3.63) is 24.3 Å². The molecule has 0 aliphatic carbocycles. The largest absolute Gasteiger partial charge is 0.493 e. The predicted molar refractivity (Wildman–Crippen MR) is 79.1 cm³/mol. The second kappa shape index (κ2) is 7.56. The summed E-state index contributed by atoms with van der Waals surface area (Å²) >= 11 is 0. The van der Waals surface area contributed by atoms with Crippen LogP contribution < -0.4 is 9.46 Å². The molecule has 0 unspecified atom stereocenters. The van der Waals surface area contributed by atoms with E-state index in [1.165, 1.54) is 24.3 Å². The molecule has 0 saturated heterocycles. The minimum atomic E-state index is -3.90. The van der Waals surface area contributed by atoms with Crippen molar-refractivity contribution in [1.82, 2.24) is 4.72 Å². The highest BCUT2D eigenvalue weighted by Gasteiger charge is 2.15. The molecule has 0 aliphatic rings. The van der Waals surface area contributed by atoms with Gasteiger partial charge >= 0.3 is 5.97 Å². The van der Waals surface area contributed by atoms with E-state index < -0.39 is 32.4 Å². The van der Waals surface area contributed by atoms with E-state index in [2.05, 4.69) is 0 Å². The molecule has 124 valence electrons. The molecule has 0 radical (unpaired) electrons. The summed E-state index contributed by atoms with van der Waals surface area (Å²) in [5.74, 6) is -1.06. The van der Waals surface area contributed by atoms with Crippen LogP contribution in [0.15, 0.2) is 29.2 Å². The van der Waals surface area contributed by atoms with Crippen LogP contribution in [0.3, 0.4) is 0 Å². The number of nitrogens with one attached hydrogen (secondary N) is 1. The van der Waals surface area contributed by atoms with Crippen molar-refractivity contribution >= 4 is 25.8 Å². The maximum absolute atomic E-state index is 11.7. The molecule has 0 heterocycles. The van der Waals surface area contributed by atoms with Crippen LogP contribution >= 0.6 is 0 Å². The van der Waals surface area contributed by atoms with Crippen molar-refractivity contribution < 1.29 is 31.5 Å². The number of carboxylic acid groups (broad SMARTS) is 1. The number of benzene rings is 1. The lowest BCUT2D eigenvalue weighted by atomic mass is 10.3. The molecule has 0 saturated carbocycles. The molecule has 0 atom stereocenters. The number of sulfonamides is 1. The molecule has 0 aromatic heterocycles. The fourth-order valence-corrected chi connectivity index (χ4v) is 2.99. The minimum Gasteiger partial charge on any atom is -0.493 e. The predicted octanol–water partition coefficient (Wildman–Crippen LogP) is -0.137. The minimum absolute atomic E-state index is 0.0282. The second-order valence-corrected chi connectivity index (χ2v) is 8.51. The topological polar surface area (TPSA) is 127 Å². The summed E-state index contributed by atoms with van der Waals surface area (Å²) in [6.07, 6.45) is 0. The van der Waals surface area contributed by atoms with Crippen LogP contribution in [0.5, 0.6) is 5.75 Å². The lowest BCUT2D eigenvalue weighted by Gasteiger charge is -2.08. The first-order valence-electron chi connectivity index (χ1n) is 6.31. The zero-order chi connectivity index (χ0) is 16.8. The molecule has 2 N–H and O–H groups in total. The molecule has 1 aromatic rings. The molecule has 1 aromatic carbocycles. The Hall–Kier alpha value is -1.65. The monoisotopic (exact) mass is 351 g/mol. The van der Waals surface area contributed by atoms with Crippen LogP contribution in [-0.2, 0) is 24.7 Å². The number of carbonyl (C=O) groups is 1. The van der Waals surface area contributed by atoms with Gasteiger partial charge in [0.15, 0.2) is 9.84 Å². The summed E-state index contributed by atoms with van der Waals surface area (Å²) in [6, 6.07) is 5.23. The SMILES string of the molecule is CCS(=O)(=O)CCOc1ccc(S(=O)(=O)NCC(=O)O)cc1. The Morgan fingerprint density at radius 2 is 1.77 bits per heavy atom. The molecule has 0 spiro atoms. The molecule has 0 bridgehead atoms. The van der Waals surface area contributed by atoms with Gasteiger partial charge in [-0.25, -0.2) is 16.8 Å². The fraction of sp³-hybridized carbons (Fsp3) is 0.417. The van der Waals surface area contributed by atoms with E-state index in [0.717, 1.165) is 0 Å². The number of sulfone groups is 1. The molecule has 0 aliphatic heterocycles. The van der Waals surface area contributed by atoms with Crippen LogP contribution in [0, 0.1) is 0 Å². The van der Waals surface area contributed by atoms with Crippen molar-refractivity contribution in [2.45, 2.75) is 11.8 Å². The summed E-state index contributed by atoms with van der Waals surface area (Å²) in [4.78, 5) is 10.3. The van der Waals surface area contributed by atoms with Crippen LogP contribution in [-0.4, -0.2) is 52.6 Å². The van der Waals surface area contributed by atoms with Gasteiger partial charge in [0.2, 0.25) is 10.0 Å². The zero-order valence-corrected chi connectivity index (χ0v) is 13.5. The van der Waals surface area contributed by atoms with Crippen molar-refractivity contribution in [3.63, 3.8) is 0 Å². The highest BCUT2D eigenvalue weighted by atomic mass is 32.2. The number of hydrogen-bond acceptors (Lipinski definition) is 6. The van der Waals surface area contributed by atoms with Crippen molar-refractivity contribution in [2.75, 3.05) is 24.7 Å². The van der Waals surface area contributed by atoms with Gasteiger partial charge in [-0.2, -0.15) is 4.72 Å². The summed E-state index contributed by atoms with van der Waals surface area (Å²) in [6.45, 7) is 0.800. The van der Waals surface area contributed by atoms with Crippen molar-refractivity contribution in [1.29, 1.82) is 0 Å². The van der Waals surface area contributed by atoms with E-state index in [1.54, 1.807) is 6.92 Å². The molecular formula is C12H17NO7S2. The molecular weight excluding hydrogens is 334 g/mol. The highest BCUT2D eigenvalue weighted by molar-refractivity contribution is 7.91. The smallest absolute Gasteiger partial charge is 0.318 e. The summed E-state index contributed by atoms with van der Waals surface area (Å²) in [5.41, 5.74) is 0. The van der Waals surface area contributed by atoms with Gasteiger partial charge in [0.25, 0.3) is 0 Å². The van der Waals surface area contributed by atoms with E-state index in [9.17, 15) is 21.6 Å². The Labute approximate surface area is 129 Å². The first-order valence-corrected chi connectivity index (χ1v) is 9.61. The first-order chi connectivity index (χ1) is 10.2. The van der Waals surface area contributed by atoms with Gasteiger partial charge in [-0.3, -0.25) is 4.79 Å². The normalized spacial score (nSPS) is 12.0. The third-order valence-corrected chi connectivity index (χ3v) is 5.74. The molecule has 10 heteroatoms. The van der Waals surface area contributed by atoms with Crippen LogP contribution in [0.4, 0.5) is 0 Å². The zero-order valence-electron chi connectivity index (χ0n) is 11.9. The first kappa shape index (κ1) is 18.4. The number of aliphatic carboxylic acids is 1. The quantitative estimate of drug-likeness (QED) is 0.634. The van der Waals surface area contributed by atoms with Crippen molar-refractivity contribution in [2.24, 2.45) is 0 Å². The van der Waals surface area contributed by atoms with Gasteiger partial charge in [0.05, 0.1) is 10.6 Å². The molecule has 0 amide bonds. The Morgan fingerprint density at radius 1 is 1.18 bits per heavy atom. The highest BCUT2D eigenvalue weighted by Crippen LogP contribution is 2.15. The second-order valence-electron chi connectivity index (χ2n) is 4.27. The Bertz CT molecular complexity index is 708. The number of rotatable bonds is 9. The average molecular weight is 351 g/mol. The standard InChI is InChI=1S/C12H17NO7S2/c1-2-21(16,17)8-7-20-10-3-5-11(6-4-10)22(18,19)13-9-12(14)15/h3-6,13H,2,7-9H2,1H3,(H,14,15). The van der Waals surface area contributed by atoms with Crippen molar-refractivity contribution in [3.8, 4) is 5.75 Å².